The van der Waals surface area contributed by atoms with Gasteiger partial charge in [0, 0.05) is 50.2 Å². The SMILES string of the molecule is CC(=O)OC1/C(C)=C\[C@@H]2OC(=O)C(C)=C2C(OC(C)=O)[C@H]2[C@](C)(O)[C@H](O)C=C[C@]2(C)[C@@H](OC(C)=O)[C@@H]1OC(C)=O. The molecule has 2 aliphatic carbocycles. The first-order chi connectivity index (χ1) is 18.4. The monoisotopic (exact) mass is 564 g/mol. The normalized spacial score (nSPS) is 38.6. The van der Waals surface area contributed by atoms with Gasteiger partial charge in [-0.15, -0.1) is 0 Å². The van der Waals surface area contributed by atoms with Crippen molar-refractivity contribution in [3.63, 3.8) is 0 Å². The molecule has 0 fully saturated rings. The summed E-state index contributed by atoms with van der Waals surface area (Å²) in [6, 6.07) is 0. The largest absolute Gasteiger partial charge is 0.457 e. The second kappa shape index (κ2) is 11.2. The van der Waals surface area contributed by atoms with Crippen molar-refractivity contribution in [1.82, 2.24) is 0 Å². The Morgan fingerprint density at radius 2 is 1.40 bits per heavy atom. The number of aliphatic hydroxyl groups is 2. The zero-order valence-corrected chi connectivity index (χ0v) is 23.8. The average molecular weight is 565 g/mol. The molecule has 0 radical (unpaired) electrons. The van der Waals surface area contributed by atoms with Crippen LogP contribution in [0.5, 0.6) is 0 Å². The highest BCUT2D eigenvalue weighted by Gasteiger charge is 2.63. The number of rotatable bonds is 4. The number of fused-ring (bicyclic) bond motifs is 2. The van der Waals surface area contributed by atoms with Crippen molar-refractivity contribution in [2.75, 3.05) is 0 Å². The molecule has 0 aromatic heterocycles. The minimum atomic E-state index is -2.07. The molecule has 40 heavy (non-hydrogen) atoms. The molecule has 3 rings (SSSR count). The fourth-order valence-corrected chi connectivity index (χ4v) is 6.03. The van der Waals surface area contributed by atoms with Gasteiger partial charge in [-0.2, -0.15) is 0 Å². The van der Waals surface area contributed by atoms with Crippen LogP contribution in [0, 0.1) is 11.3 Å². The van der Waals surface area contributed by atoms with E-state index >= 15 is 0 Å². The van der Waals surface area contributed by atoms with Crippen LogP contribution < -0.4 is 0 Å². The molecule has 0 bridgehead atoms. The van der Waals surface area contributed by atoms with Crippen LogP contribution in [-0.2, 0) is 47.7 Å². The third-order valence-electron chi connectivity index (χ3n) is 7.68. The molecule has 1 aliphatic heterocycles. The van der Waals surface area contributed by atoms with Gasteiger partial charge in [-0.05, 0) is 32.4 Å². The number of esters is 5. The van der Waals surface area contributed by atoms with Crippen molar-refractivity contribution in [3.8, 4) is 0 Å². The molecule has 2 unspecified atom stereocenters. The fourth-order valence-electron chi connectivity index (χ4n) is 6.03. The molecular weight excluding hydrogens is 528 g/mol. The van der Waals surface area contributed by atoms with Crippen LogP contribution in [0.3, 0.4) is 0 Å². The van der Waals surface area contributed by atoms with Crippen molar-refractivity contribution in [2.24, 2.45) is 11.3 Å². The number of ether oxygens (including phenoxy) is 5. The van der Waals surface area contributed by atoms with Crippen molar-refractivity contribution in [3.05, 3.63) is 34.9 Å². The Labute approximate surface area is 231 Å². The van der Waals surface area contributed by atoms with E-state index in [-0.39, 0.29) is 16.7 Å². The molecule has 2 N–H and O–H groups in total. The average Bonchev–Trinajstić information content (AvgIpc) is 3.08. The van der Waals surface area contributed by atoms with E-state index in [9.17, 15) is 34.2 Å². The molecule has 1 heterocycles. The Kier molecular flexibility index (Phi) is 8.66. The highest BCUT2D eigenvalue weighted by Crippen LogP contribution is 2.53. The van der Waals surface area contributed by atoms with Gasteiger partial charge in [-0.25, -0.2) is 4.79 Å². The maximum atomic E-state index is 12.8. The lowest BCUT2D eigenvalue weighted by Gasteiger charge is -2.55. The molecule has 0 aromatic rings. The summed E-state index contributed by atoms with van der Waals surface area (Å²) in [5.41, 5.74) is -3.07. The predicted molar refractivity (Wildman–Crippen MR) is 136 cm³/mol. The minimum Gasteiger partial charge on any atom is -0.457 e. The van der Waals surface area contributed by atoms with Gasteiger partial charge in [0.2, 0.25) is 0 Å². The minimum absolute atomic E-state index is 0.104. The van der Waals surface area contributed by atoms with Crippen molar-refractivity contribution in [2.45, 2.75) is 97.6 Å². The number of hydrogen-bond donors (Lipinski definition) is 2. The van der Waals surface area contributed by atoms with Crippen molar-refractivity contribution < 1.29 is 57.9 Å². The van der Waals surface area contributed by atoms with Crippen LogP contribution in [-0.4, -0.2) is 82.3 Å². The van der Waals surface area contributed by atoms with E-state index < -0.39 is 83.4 Å². The van der Waals surface area contributed by atoms with E-state index in [1.165, 1.54) is 32.1 Å². The molecule has 9 atom stereocenters. The van der Waals surface area contributed by atoms with E-state index in [0.29, 0.717) is 0 Å². The fraction of sp³-hybridized carbons (Fsp3) is 0.607. The number of hydrogen-bond acceptors (Lipinski definition) is 12. The van der Waals surface area contributed by atoms with Crippen LogP contribution in [0.2, 0.25) is 0 Å². The Hall–Kier alpha value is -3.51. The molecule has 0 amide bonds. The van der Waals surface area contributed by atoms with E-state index in [1.54, 1.807) is 13.8 Å². The summed E-state index contributed by atoms with van der Waals surface area (Å²) in [6.07, 6.45) is -4.10. The van der Waals surface area contributed by atoms with Gasteiger partial charge in [0.15, 0.2) is 18.3 Å². The Balaban J connectivity index is 2.51. The van der Waals surface area contributed by atoms with Crippen molar-refractivity contribution >= 4 is 29.8 Å². The summed E-state index contributed by atoms with van der Waals surface area (Å²) in [7, 11) is 0. The molecule has 3 aliphatic rings. The van der Waals surface area contributed by atoms with Gasteiger partial charge in [0.1, 0.15) is 18.3 Å². The Morgan fingerprint density at radius 1 is 0.875 bits per heavy atom. The zero-order chi connectivity index (χ0) is 30.3. The predicted octanol–water partition coefficient (Wildman–Crippen LogP) is 1.22. The van der Waals surface area contributed by atoms with Crippen LogP contribution in [0.15, 0.2) is 34.9 Å². The van der Waals surface area contributed by atoms with Crippen LogP contribution in [0.1, 0.15) is 55.4 Å². The van der Waals surface area contributed by atoms with Crippen molar-refractivity contribution in [1.29, 1.82) is 0 Å². The molecule has 0 spiro atoms. The van der Waals surface area contributed by atoms with Gasteiger partial charge in [-0.3, -0.25) is 19.2 Å². The van der Waals surface area contributed by atoms with Crippen LogP contribution in [0.4, 0.5) is 0 Å². The number of carbonyl (C=O) groups excluding carboxylic acids is 5. The third kappa shape index (κ3) is 5.68. The van der Waals surface area contributed by atoms with Gasteiger partial charge < -0.3 is 33.9 Å². The molecule has 12 heteroatoms. The van der Waals surface area contributed by atoms with Crippen LogP contribution >= 0.6 is 0 Å². The summed E-state index contributed by atoms with van der Waals surface area (Å²) in [5, 5.41) is 22.7. The maximum Gasteiger partial charge on any atom is 0.334 e. The topological polar surface area (TPSA) is 172 Å². The molecular formula is C28H36O12. The Bertz CT molecular complexity index is 1190. The zero-order valence-electron chi connectivity index (χ0n) is 23.8. The first kappa shape index (κ1) is 31.0. The van der Waals surface area contributed by atoms with E-state index in [2.05, 4.69) is 0 Å². The summed E-state index contributed by atoms with van der Waals surface area (Å²) >= 11 is 0. The molecule has 12 nitrogen and oxygen atoms in total. The third-order valence-corrected chi connectivity index (χ3v) is 7.68. The van der Waals surface area contributed by atoms with E-state index in [1.807, 2.05) is 0 Å². The molecule has 0 aromatic carbocycles. The number of aliphatic hydroxyl groups excluding tert-OH is 1. The molecule has 0 saturated carbocycles. The highest BCUT2D eigenvalue weighted by molar-refractivity contribution is 5.92. The second-order valence-corrected chi connectivity index (χ2v) is 10.9. The summed E-state index contributed by atoms with van der Waals surface area (Å²) < 4.78 is 28.4. The van der Waals surface area contributed by atoms with Gasteiger partial charge in [0.05, 0.1) is 5.60 Å². The Morgan fingerprint density at radius 3 is 1.93 bits per heavy atom. The van der Waals surface area contributed by atoms with Crippen LogP contribution in [0.25, 0.3) is 0 Å². The van der Waals surface area contributed by atoms with Gasteiger partial charge >= 0.3 is 29.8 Å². The van der Waals surface area contributed by atoms with E-state index in [0.717, 1.165) is 27.7 Å². The summed E-state index contributed by atoms with van der Waals surface area (Å²) in [6.45, 7) is 10.4. The lowest BCUT2D eigenvalue weighted by molar-refractivity contribution is -0.218. The summed E-state index contributed by atoms with van der Waals surface area (Å²) in [4.78, 5) is 62.4. The quantitative estimate of drug-likeness (QED) is 0.284. The first-order valence-electron chi connectivity index (χ1n) is 12.8. The maximum absolute atomic E-state index is 12.8. The smallest absolute Gasteiger partial charge is 0.334 e. The number of carbonyl (C=O) groups is 5. The lowest BCUT2D eigenvalue weighted by atomic mass is 9.56. The van der Waals surface area contributed by atoms with Gasteiger partial charge in [0.25, 0.3) is 0 Å². The lowest BCUT2D eigenvalue weighted by Crippen LogP contribution is -2.66. The van der Waals surface area contributed by atoms with E-state index in [4.69, 9.17) is 23.7 Å². The standard InChI is InChI=1S/C28H36O12/c1-12-11-18-20(13(2)26(34)40-18)22(37-15(4)30)24-27(7,10-9-19(33)28(24,8)35)25(39-17(6)32)23(38-16(5)31)21(12)36-14(3)29/h9-11,18-19,21-25,33,35H,1-8H3/b12-11-/t18-,19+,21?,22?,23+,24+,25-,27-,28+/m0/s1. The first-order valence-corrected chi connectivity index (χ1v) is 12.8. The van der Waals surface area contributed by atoms with Gasteiger partial charge in [-0.1, -0.05) is 19.1 Å². The molecule has 0 saturated heterocycles. The highest BCUT2D eigenvalue weighted by atomic mass is 16.6. The molecule has 220 valence electrons. The summed E-state index contributed by atoms with van der Waals surface area (Å²) in [5.74, 6) is -5.13. The second-order valence-electron chi connectivity index (χ2n) is 10.9.